The summed E-state index contributed by atoms with van der Waals surface area (Å²) in [5.74, 6) is 0.727. The molecule has 0 spiro atoms. The third-order valence-corrected chi connectivity index (χ3v) is 8.11. The van der Waals surface area contributed by atoms with Gasteiger partial charge in [-0.3, -0.25) is 23.8 Å². The number of carbonyl (C=O) groups is 2. The third-order valence-electron chi connectivity index (χ3n) is 7.14. The van der Waals surface area contributed by atoms with Crippen LogP contribution in [0.2, 0.25) is 0 Å². The van der Waals surface area contributed by atoms with E-state index in [2.05, 4.69) is 10.3 Å². The van der Waals surface area contributed by atoms with Crippen LogP contribution in [0.25, 0.3) is 5.65 Å². The highest BCUT2D eigenvalue weighted by Gasteiger charge is 2.41. The van der Waals surface area contributed by atoms with Gasteiger partial charge in [-0.25, -0.2) is 14.9 Å². The number of pyridine rings is 1. The second kappa shape index (κ2) is 10.5. The molecule has 0 radical (unpaired) electrons. The molecule has 2 aromatic heterocycles. The smallest absolute Gasteiger partial charge is 0.259 e. The van der Waals surface area contributed by atoms with E-state index in [4.69, 9.17) is 9.98 Å². The number of rotatable bonds is 6. The van der Waals surface area contributed by atoms with Crippen LogP contribution in [-0.2, 0) is 15.3 Å². The van der Waals surface area contributed by atoms with E-state index in [0.29, 0.717) is 34.5 Å². The summed E-state index contributed by atoms with van der Waals surface area (Å²) < 4.78 is 1.49. The van der Waals surface area contributed by atoms with Crippen LogP contribution in [0.3, 0.4) is 0 Å². The molecule has 194 valence electrons. The number of aliphatic imine (C=N–C) groups is 2. The van der Waals surface area contributed by atoms with E-state index in [1.807, 2.05) is 30.3 Å². The first-order valence-corrected chi connectivity index (χ1v) is 14.0. The lowest BCUT2D eigenvalue weighted by Gasteiger charge is -2.25. The molecule has 2 aliphatic heterocycles. The lowest BCUT2D eigenvalue weighted by atomic mass is 9.95. The Bertz CT molecular complexity index is 1520. The highest BCUT2D eigenvalue weighted by Crippen LogP contribution is 2.35. The van der Waals surface area contributed by atoms with Gasteiger partial charge in [0.25, 0.3) is 11.5 Å². The van der Waals surface area contributed by atoms with E-state index < -0.39 is 6.04 Å². The summed E-state index contributed by atoms with van der Waals surface area (Å²) in [5, 5.41) is 3.62. The number of carbonyl (C=O) groups excluding carboxylic acids is 2. The number of thioether (sulfide) groups is 1. The Kier molecular flexibility index (Phi) is 6.80. The molecule has 0 bridgehead atoms. The van der Waals surface area contributed by atoms with Crippen LogP contribution in [0.15, 0.2) is 69.5 Å². The van der Waals surface area contributed by atoms with Crippen molar-refractivity contribution in [1.82, 2.24) is 19.6 Å². The Labute approximate surface area is 224 Å². The number of nitrogens with zero attached hydrogens (tertiary/aromatic N) is 5. The van der Waals surface area contributed by atoms with E-state index in [1.165, 1.54) is 28.6 Å². The van der Waals surface area contributed by atoms with Crippen molar-refractivity contribution in [3.05, 3.63) is 76.3 Å². The Morgan fingerprint density at radius 2 is 1.87 bits per heavy atom. The zero-order chi connectivity index (χ0) is 26.1. The maximum Gasteiger partial charge on any atom is 0.259 e. The molecule has 1 atom stereocenters. The van der Waals surface area contributed by atoms with E-state index in [9.17, 15) is 14.4 Å². The summed E-state index contributed by atoms with van der Waals surface area (Å²) in [6.45, 7) is 0. The van der Waals surface area contributed by atoms with E-state index >= 15 is 0 Å². The average Bonchev–Trinajstić information content (AvgIpc) is 3.27. The van der Waals surface area contributed by atoms with Crippen LogP contribution in [-0.4, -0.2) is 49.2 Å². The van der Waals surface area contributed by atoms with Gasteiger partial charge in [0.1, 0.15) is 17.5 Å². The van der Waals surface area contributed by atoms with Crippen molar-refractivity contribution < 1.29 is 9.59 Å². The van der Waals surface area contributed by atoms with Crippen LogP contribution in [0, 0.1) is 0 Å². The standard InChI is InChI=1S/C28H28N6O3S/c35-24(30-18-8-2-1-3-9-18)14-13-22-27(37)34-26(31-22)20-10-4-5-11-21(20)32-28(34)38-17-19-16-25(36)33-15-7-6-12-23(33)29-19/h4-7,10-12,15-16,18,22H,1-3,8-9,13-14,17H2,(H,30,35)/t22-/m1/s1. The quantitative estimate of drug-likeness (QED) is 0.523. The first-order valence-electron chi connectivity index (χ1n) is 13.1. The van der Waals surface area contributed by atoms with Crippen LogP contribution < -0.4 is 10.9 Å². The first-order chi connectivity index (χ1) is 18.6. The number of fused-ring (bicyclic) bond motifs is 4. The van der Waals surface area contributed by atoms with Gasteiger partial charge in [-0.15, -0.1) is 0 Å². The minimum absolute atomic E-state index is 0.0212. The topological polar surface area (TPSA) is 108 Å². The molecule has 0 unspecified atom stereocenters. The Hall–Kier alpha value is -3.79. The Balaban J connectivity index is 1.19. The van der Waals surface area contributed by atoms with Gasteiger partial charge in [-0.05, 0) is 43.5 Å². The molecule has 2 amide bonds. The van der Waals surface area contributed by atoms with Gasteiger partial charge in [-0.1, -0.05) is 49.2 Å². The fraction of sp³-hybridized carbons (Fsp3) is 0.357. The lowest BCUT2D eigenvalue weighted by molar-refractivity contribution is -0.125. The number of hydrogen-bond acceptors (Lipinski definition) is 7. The molecule has 4 heterocycles. The van der Waals surface area contributed by atoms with Crippen molar-refractivity contribution in [2.24, 2.45) is 9.98 Å². The molecule has 10 heteroatoms. The SMILES string of the molecule is O=C(CC[C@H]1N=C2c3ccccc3N=C(SCc3cc(=O)n4ccccc4n3)N2C1=O)NC1CCCCC1. The summed E-state index contributed by atoms with van der Waals surface area (Å²) in [5.41, 5.74) is 2.54. The fourth-order valence-corrected chi connectivity index (χ4v) is 6.11. The Morgan fingerprint density at radius 3 is 2.74 bits per heavy atom. The molecule has 3 aliphatic rings. The van der Waals surface area contributed by atoms with E-state index in [0.717, 1.165) is 36.9 Å². The minimum Gasteiger partial charge on any atom is -0.353 e. The van der Waals surface area contributed by atoms with Gasteiger partial charge < -0.3 is 5.32 Å². The van der Waals surface area contributed by atoms with Crippen molar-refractivity contribution >= 4 is 45.9 Å². The van der Waals surface area contributed by atoms with Gasteiger partial charge in [0.2, 0.25) is 5.91 Å². The average molecular weight is 529 g/mol. The molecule has 1 saturated carbocycles. The number of amidine groups is 2. The van der Waals surface area contributed by atoms with Crippen molar-refractivity contribution in [2.75, 3.05) is 0 Å². The molecule has 1 aliphatic carbocycles. The number of benzene rings is 1. The second-order valence-electron chi connectivity index (χ2n) is 9.80. The predicted octanol–water partition coefficient (Wildman–Crippen LogP) is 3.82. The van der Waals surface area contributed by atoms with Gasteiger partial charge in [0.15, 0.2) is 5.17 Å². The van der Waals surface area contributed by atoms with Crippen LogP contribution in [0.4, 0.5) is 5.69 Å². The number of nitrogens with one attached hydrogen (secondary N) is 1. The summed E-state index contributed by atoms with van der Waals surface area (Å²) in [7, 11) is 0. The summed E-state index contributed by atoms with van der Waals surface area (Å²) >= 11 is 1.35. The molecule has 1 fully saturated rings. The van der Waals surface area contributed by atoms with E-state index in [1.54, 1.807) is 23.2 Å². The largest absolute Gasteiger partial charge is 0.353 e. The molecular formula is C28H28N6O3S. The third kappa shape index (κ3) is 4.88. The second-order valence-corrected chi connectivity index (χ2v) is 10.7. The van der Waals surface area contributed by atoms with Crippen molar-refractivity contribution in [2.45, 2.75) is 62.8 Å². The minimum atomic E-state index is -0.637. The van der Waals surface area contributed by atoms with Gasteiger partial charge in [0.05, 0.1) is 11.4 Å². The number of amides is 2. The summed E-state index contributed by atoms with van der Waals surface area (Å²) in [6.07, 6.45) is 7.87. The number of aromatic nitrogens is 2. The van der Waals surface area contributed by atoms with Gasteiger partial charge in [-0.2, -0.15) is 0 Å². The van der Waals surface area contributed by atoms with Crippen molar-refractivity contribution in [3.63, 3.8) is 0 Å². The molecule has 1 N–H and O–H groups in total. The highest BCUT2D eigenvalue weighted by molar-refractivity contribution is 8.13. The fourth-order valence-electron chi connectivity index (χ4n) is 5.22. The van der Waals surface area contributed by atoms with Crippen molar-refractivity contribution in [3.8, 4) is 0 Å². The molecule has 38 heavy (non-hydrogen) atoms. The molecule has 9 nitrogen and oxygen atoms in total. The van der Waals surface area contributed by atoms with Crippen molar-refractivity contribution in [1.29, 1.82) is 0 Å². The number of hydrogen-bond donors (Lipinski definition) is 1. The molecular weight excluding hydrogens is 500 g/mol. The zero-order valence-corrected chi connectivity index (χ0v) is 21.7. The number of para-hydroxylation sites is 1. The molecule has 6 rings (SSSR count). The van der Waals surface area contributed by atoms with Gasteiger partial charge >= 0.3 is 0 Å². The lowest BCUT2D eigenvalue weighted by Crippen LogP contribution is -2.41. The van der Waals surface area contributed by atoms with E-state index in [-0.39, 0.29) is 29.8 Å². The molecule has 1 aromatic carbocycles. The molecule has 0 saturated heterocycles. The zero-order valence-electron chi connectivity index (χ0n) is 20.9. The Morgan fingerprint density at radius 1 is 1.05 bits per heavy atom. The summed E-state index contributed by atoms with van der Waals surface area (Å²) in [4.78, 5) is 54.3. The first kappa shape index (κ1) is 24.5. The summed E-state index contributed by atoms with van der Waals surface area (Å²) in [6, 6.07) is 14.1. The van der Waals surface area contributed by atoms with Crippen LogP contribution >= 0.6 is 11.8 Å². The normalized spacial score (nSPS) is 19.1. The monoisotopic (exact) mass is 528 g/mol. The van der Waals surface area contributed by atoms with Gasteiger partial charge in [0, 0.05) is 36.0 Å². The predicted molar refractivity (Wildman–Crippen MR) is 148 cm³/mol. The maximum atomic E-state index is 13.5. The van der Waals surface area contributed by atoms with Crippen LogP contribution in [0.1, 0.15) is 56.2 Å². The molecule has 3 aromatic rings. The van der Waals surface area contributed by atoms with Crippen LogP contribution in [0.5, 0.6) is 0 Å². The highest BCUT2D eigenvalue weighted by atomic mass is 32.2. The maximum absolute atomic E-state index is 13.5.